The molecule has 0 bridgehead atoms. The van der Waals surface area contributed by atoms with E-state index in [2.05, 4.69) is 10.3 Å². The Labute approximate surface area is 116 Å². The fourth-order valence-corrected chi connectivity index (χ4v) is 1.81. The number of nitrogens with zero attached hydrogens (tertiary/aromatic N) is 1. The number of aromatic nitrogens is 1. The smallest absolute Gasteiger partial charge is 0.335 e. The van der Waals surface area contributed by atoms with Crippen molar-refractivity contribution < 1.29 is 14.3 Å². The zero-order chi connectivity index (χ0) is 13.1. The summed E-state index contributed by atoms with van der Waals surface area (Å²) in [5.74, 6) is -1.18. The van der Waals surface area contributed by atoms with Crippen LogP contribution in [-0.4, -0.2) is 16.1 Å². The Morgan fingerprint density at radius 1 is 1.33 bits per heavy atom. The van der Waals surface area contributed by atoms with Crippen LogP contribution < -0.4 is 5.32 Å². The van der Waals surface area contributed by atoms with Gasteiger partial charge in [0.25, 0.3) is 0 Å². The van der Waals surface area contributed by atoms with E-state index < -0.39 is 11.8 Å². The SMILES string of the molecule is O=C(O)c1ccnc(Nc2ccc(I)cc2F)c1. The van der Waals surface area contributed by atoms with Gasteiger partial charge in [-0.15, -0.1) is 0 Å². The van der Waals surface area contributed by atoms with Gasteiger partial charge in [-0.3, -0.25) is 0 Å². The summed E-state index contributed by atoms with van der Waals surface area (Å²) >= 11 is 2.01. The Kier molecular flexibility index (Phi) is 3.75. The van der Waals surface area contributed by atoms with Crippen LogP contribution in [0.1, 0.15) is 10.4 Å². The van der Waals surface area contributed by atoms with Gasteiger partial charge in [-0.1, -0.05) is 0 Å². The van der Waals surface area contributed by atoms with E-state index in [1.54, 1.807) is 12.1 Å². The first-order valence-electron chi connectivity index (χ1n) is 4.97. The van der Waals surface area contributed by atoms with Crippen LogP contribution in [0.15, 0.2) is 36.5 Å². The lowest BCUT2D eigenvalue weighted by molar-refractivity contribution is 0.0697. The molecule has 2 N–H and O–H groups in total. The Morgan fingerprint density at radius 3 is 2.78 bits per heavy atom. The molecule has 0 saturated carbocycles. The summed E-state index contributed by atoms with van der Waals surface area (Å²) < 4.78 is 14.4. The molecule has 0 aliphatic heterocycles. The van der Waals surface area contributed by atoms with Crippen molar-refractivity contribution in [3.63, 3.8) is 0 Å². The van der Waals surface area contributed by atoms with Crippen LogP contribution in [0.2, 0.25) is 0 Å². The summed E-state index contributed by atoms with van der Waals surface area (Å²) in [6, 6.07) is 7.42. The third kappa shape index (κ3) is 2.95. The summed E-state index contributed by atoms with van der Waals surface area (Å²) in [6.45, 7) is 0. The van der Waals surface area contributed by atoms with Gasteiger partial charge in [0.2, 0.25) is 0 Å². The van der Waals surface area contributed by atoms with Crippen molar-refractivity contribution in [3.8, 4) is 0 Å². The normalized spacial score (nSPS) is 10.1. The number of benzene rings is 1. The highest BCUT2D eigenvalue weighted by Gasteiger charge is 2.07. The minimum Gasteiger partial charge on any atom is -0.478 e. The number of hydrogen-bond acceptors (Lipinski definition) is 3. The summed E-state index contributed by atoms with van der Waals surface area (Å²) in [6.07, 6.45) is 1.36. The predicted octanol–water partition coefficient (Wildman–Crippen LogP) is 3.27. The van der Waals surface area contributed by atoms with Gasteiger partial charge < -0.3 is 10.4 Å². The van der Waals surface area contributed by atoms with Crippen LogP contribution in [0.25, 0.3) is 0 Å². The number of halogens is 2. The zero-order valence-electron chi connectivity index (χ0n) is 9.02. The number of carboxylic acids is 1. The Morgan fingerprint density at radius 2 is 2.11 bits per heavy atom. The van der Waals surface area contributed by atoms with Crippen LogP contribution in [0, 0.1) is 9.39 Å². The zero-order valence-corrected chi connectivity index (χ0v) is 11.2. The van der Waals surface area contributed by atoms with Gasteiger partial charge in [0.05, 0.1) is 11.3 Å². The Balaban J connectivity index is 2.28. The van der Waals surface area contributed by atoms with Gasteiger partial charge in [0.1, 0.15) is 11.6 Å². The van der Waals surface area contributed by atoms with Gasteiger partial charge in [-0.25, -0.2) is 14.2 Å². The van der Waals surface area contributed by atoms with Crippen LogP contribution in [0.4, 0.5) is 15.9 Å². The average molecular weight is 358 g/mol. The second-order valence-electron chi connectivity index (χ2n) is 3.48. The second-order valence-corrected chi connectivity index (χ2v) is 4.73. The first kappa shape index (κ1) is 12.7. The van der Waals surface area contributed by atoms with Crippen LogP contribution in [-0.2, 0) is 0 Å². The second kappa shape index (κ2) is 5.30. The van der Waals surface area contributed by atoms with Gasteiger partial charge >= 0.3 is 5.97 Å². The summed E-state index contributed by atoms with van der Waals surface area (Å²) in [5, 5.41) is 11.6. The number of aromatic carboxylic acids is 1. The molecule has 0 fully saturated rings. The topological polar surface area (TPSA) is 62.2 Å². The molecule has 1 aromatic heterocycles. The third-order valence-corrected chi connectivity index (χ3v) is 2.87. The van der Waals surface area contributed by atoms with E-state index in [9.17, 15) is 9.18 Å². The average Bonchev–Trinajstić information content (AvgIpc) is 2.33. The lowest BCUT2D eigenvalue weighted by Crippen LogP contribution is -2.01. The van der Waals surface area contributed by atoms with Crippen molar-refractivity contribution in [2.45, 2.75) is 0 Å². The monoisotopic (exact) mass is 358 g/mol. The fraction of sp³-hybridized carbons (Fsp3) is 0. The number of carbonyl (C=O) groups is 1. The van der Waals surface area contributed by atoms with E-state index >= 15 is 0 Å². The van der Waals surface area contributed by atoms with E-state index in [-0.39, 0.29) is 17.1 Å². The molecule has 0 radical (unpaired) electrons. The molecule has 0 atom stereocenters. The minimum atomic E-state index is -1.05. The van der Waals surface area contributed by atoms with E-state index in [0.29, 0.717) is 0 Å². The van der Waals surface area contributed by atoms with E-state index in [1.165, 1.54) is 24.4 Å². The summed E-state index contributed by atoms with van der Waals surface area (Å²) in [7, 11) is 0. The Hall–Kier alpha value is -1.70. The molecule has 92 valence electrons. The van der Waals surface area contributed by atoms with E-state index in [0.717, 1.165) is 3.57 Å². The van der Waals surface area contributed by atoms with Gasteiger partial charge in [-0.2, -0.15) is 0 Å². The lowest BCUT2D eigenvalue weighted by Gasteiger charge is -2.07. The number of pyridine rings is 1. The maximum atomic E-state index is 13.6. The third-order valence-electron chi connectivity index (χ3n) is 2.20. The lowest BCUT2D eigenvalue weighted by atomic mass is 10.2. The van der Waals surface area contributed by atoms with E-state index in [4.69, 9.17) is 5.11 Å². The molecule has 2 aromatic rings. The molecule has 0 spiro atoms. The molecule has 0 aliphatic rings. The van der Waals surface area contributed by atoms with Crippen LogP contribution >= 0.6 is 22.6 Å². The molecule has 6 heteroatoms. The highest BCUT2D eigenvalue weighted by atomic mass is 127. The van der Waals surface area contributed by atoms with Crippen molar-refractivity contribution in [3.05, 3.63) is 51.5 Å². The largest absolute Gasteiger partial charge is 0.478 e. The molecule has 2 rings (SSSR count). The molecule has 1 aromatic carbocycles. The van der Waals surface area contributed by atoms with Crippen molar-refractivity contribution in [2.75, 3.05) is 5.32 Å². The first-order valence-corrected chi connectivity index (χ1v) is 6.05. The van der Waals surface area contributed by atoms with Crippen molar-refractivity contribution in [1.29, 1.82) is 0 Å². The summed E-state index contributed by atoms with van der Waals surface area (Å²) in [4.78, 5) is 14.7. The maximum Gasteiger partial charge on any atom is 0.335 e. The minimum absolute atomic E-state index is 0.0958. The molecule has 0 unspecified atom stereocenters. The standard InChI is InChI=1S/C12H8FIN2O2/c13-9-6-8(14)1-2-10(9)16-11-5-7(12(17)18)3-4-15-11/h1-6H,(H,15,16)(H,17,18). The van der Waals surface area contributed by atoms with Crippen LogP contribution in [0.5, 0.6) is 0 Å². The highest BCUT2D eigenvalue weighted by Crippen LogP contribution is 2.21. The molecular formula is C12H8FIN2O2. The fourth-order valence-electron chi connectivity index (χ4n) is 1.36. The number of anilines is 2. The predicted molar refractivity (Wildman–Crippen MR) is 73.6 cm³/mol. The van der Waals surface area contributed by atoms with Crippen LogP contribution in [0.3, 0.4) is 0 Å². The highest BCUT2D eigenvalue weighted by molar-refractivity contribution is 14.1. The van der Waals surface area contributed by atoms with Crippen molar-refractivity contribution in [2.24, 2.45) is 0 Å². The van der Waals surface area contributed by atoms with Gasteiger partial charge in [0, 0.05) is 9.77 Å². The molecule has 0 saturated heterocycles. The molecule has 1 heterocycles. The Bertz CT molecular complexity index is 604. The molecule has 18 heavy (non-hydrogen) atoms. The summed E-state index contributed by atoms with van der Waals surface area (Å²) in [5.41, 5.74) is 0.351. The number of rotatable bonds is 3. The maximum absolute atomic E-state index is 13.6. The quantitative estimate of drug-likeness (QED) is 0.827. The number of carboxylic acid groups (broad SMARTS) is 1. The van der Waals surface area contributed by atoms with Gasteiger partial charge in [0.15, 0.2) is 0 Å². The molecule has 4 nitrogen and oxygen atoms in total. The van der Waals surface area contributed by atoms with Crippen molar-refractivity contribution >= 4 is 40.1 Å². The first-order chi connectivity index (χ1) is 8.56. The van der Waals surface area contributed by atoms with Crippen molar-refractivity contribution in [1.82, 2.24) is 4.98 Å². The van der Waals surface area contributed by atoms with Gasteiger partial charge in [-0.05, 0) is 52.9 Å². The molecule has 0 amide bonds. The number of hydrogen-bond donors (Lipinski definition) is 2. The molecular weight excluding hydrogens is 350 g/mol. The van der Waals surface area contributed by atoms with E-state index in [1.807, 2.05) is 22.6 Å². The number of nitrogens with one attached hydrogen (secondary N) is 1. The molecule has 0 aliphatic carbocycles.